The summed E-state index contributed by atoms with van der Waals surface area (Å²) in [5, 5.41) is 21.8. The van der Waals surface area contributed by atoms with Gasteiger partial charge < -0.3 is 20.4 Å². The molecule has 0 atom stereocenters. The molecule has 0 saturated carbocycles. The Bertz CT molecular complexity index is 34.7. The Labute approximate surface area is 52.2 Å². The maximum absolute atomic E-state index is 8.25. The van der Waals surface area contributed by atoms with Crippen molar-refractivity contribution in [1.29, 1.82) is 0 Å². The van der Waals surface area contributed by atoms with Gasteiger partial charge in [-0.25, -0.2) is 0 Å². The monoisotopic (exact) mass is 101 g/mol. The van der Waals surface area contributed by atoms with E-state index in [1.54, 1.807) is 0 Å². The van der Waals surface area contributed by atoms with Gasteiger partial charge in [0.1, 0.15) is 0 Å². The molecule has 0 aromatic heterocycles. The first kappa shape index (κ1) is 15.9. The van der Waals surface area contributed by atoms with Gasteiger partial charge in [-0.15, -0.1) is 0 Å². The minimum Gasteiger partial charge on any atom is -0.400 e. The van der Waals surface area contributed by atoms with Gasteiger partial charge in [-0.05, 0) is 0 Å². The molecule has 6 heteroatoms. The van der Waals surface area contributed by atoms with E-state index in [0.29, 0.717) is 0 Å². The van der Waals surface area contributed by atoms with Crippen molar-refractivity contribution in [1.82, 2.24) is 0 Å². The molecule has 5 nitrogen and oxygen atoms in total. The van der Waals surface area contributed by atoms with Gasteiger partial charge in [-0.1, -0.05) is 0 Å². The largest absolute Gasteiger partial charge is 1.00 e. The third-order valence-electron chi connectivity index (χ3n) is 0. The minimum absolute atomic E-state index is 0. The van der Waals surface area contributed by atoms with Crippen LogP contribution in [0.15, 0.2) is 0 Å². The van der Waals surface area contributed by atoms with E-state index in [2.05, 4.69) is 0 Å². The maximum atomic E-state index is 8.25. The number of hydrogen-bond donors (Lipinski definition) is 1. The standard InChI is InChI=1S/CH4O.Li.NO3/c1-2;;2-1(3)4/h2H,1H3;;/q;+1;-1. The van der Waals surface area contributed by atoms with Crippen LogP contribution in [0, 0.1) is 15.3 Å². The van der Waals surface area contributed by atoms with Crippen LogP contribution in [0.25, 0.3) is 0 Å². The molecular weight excluding hydrogens is 97.0 g/mol. The quantitative estimate of drug-likeness (QED) is 0.194. The molecule has 0 aliphatic rings. The number of aliphatic hydroxyl groups excluding tert-OH is 1. The summed E-state index contributed by atoms with van der Waals surface area (Å²) in [6.45, 7) is 0. The zero-order valence-corrected chi connectivity index (χ0v) is 4.12. The van der Waals surface area contributed by atoms with E-state index in [0.717, 1.165) is 7.11 Å². The van der Waals surface area contributed by atoms with Crippen LogP contribution in [0.5, 0.6) is 0 Å². The summed E-state index contributed by atoms with van der Waals surface area (Å²) in [5.41, 5.74) is 0. The second-order valence-electron chi connectivity index (χ2n) is 0.224. The Morgan fingerprint density at radius 3 is 1.43 bits per heavy atom. The molecular formula is CH4LiNO4. The molecule has 0 fully saturated rings. The van der Waals surface area contributed by atoms with E-state index < -0.39 is 5.09 Å². The average molecular weight is 101 g/mol. The van der Waals surface area contributed by atoms with Gasteiger partial charge in [0.2, 0.25) is 0 Å². The molecule has 0 radical (unpaired) electrons. The molecule has 0 spiro atoms. The predicted molar refractivity (Wildman–Crippen MR) is 18.5 cm³/mol. The van der Waals surface area contributed by atoms with Crippen molar-refractivity contribution in [3.8, 4) is 0 Å². The van der Waals surface area contributed by atoms with Crippen LogP contribution < -0.4 is 18.9 Å². The summed E-state index contributed by atoms with van der Waals surface area (Å²) in [7, 11) is 1.00. The zero-order chi connectivity index (χ0) is 5.58. The summed E-state index contributed by atoms with van der Waals surface area (Å²) >= 11 is 0. The molecule has 0 bridgehead atoms. The van der Waals surface area contributed by atoms with Crippen LogP contribution >= 0.6 is 0 Å². The zero-order valence-electron chi connectivity index (χ0n) is 4.12. The summed E-state index contributed by atoms with van der Waals surface area (Å²) in [6, 6.07) is 0. The van der Waals surface area contributed by atoms with E-state index in [9.17, 15) is 0 Å². The fourth-order valence-corrected chi connectivity index (χ4v) is 0. The Hall–Kier alpha value is -0.243. The van der Waals surface area contributed by atoms with E-state index in [4.69, 9.17) is 20.4 Å². The maximum Gasteiger partial charge on any atom is 1.00 e. The van der Waals surface area contributed by atoms with Crippen molar-refractivity contribution < 1.29 is 29.1 Å². The van der Waals surface area contributed by atoms with Gasteiger partial charge in [0.15, 0.2) is 0 Å². The first-order valence-electron chi connectivity index (χ1n) is 0.995. The van der Waals surface area contributed by atoms with E-state index in [1.807, 2.05) is 0 Å². The van der Waals surface area contributed by atoms with E-state index >= 15 is 0 Å². The molecule has 0 rings (SSSR count). The van der Waals surface area contributed by atoms with E-state index in [-0.39, 0.29) is 18.9 Å². The van der Waals surface area contributed by atoms with Crippen molar-refractivity contribution in [2.45, 2.75) is 0 Å². The topological polar surface area (TPSA) is 86.4 Å². The van der Waals surface area contributed by atoms with Crippen LogP contribution in [0.2, 0.25) is 0 Å². The molecule has 7 heavy (non-hydrogen) atoms. The third kappa shape index (κ3) is 1380. The predicted octanol–water partition coefficient (Wildman–Crippen LogP) is -3.63. The number of hydrogen-bond acceptors (Lipinski definition) is 4. The first-order chi connectivity index (χ1) is 2.73. The molecule has 1 N–H and O–H groups in total. The van der Waals surface area contributed by atoms with Crippen LogP contribution in [0.3, 0.4) is 0 Å². The van der Waals surface area contributed by atoms with Crippen molar-refractivity contribution in [2.24, 2.45) is 0 Å². The Kier molecular flexibility index (Phi) is 38.8. The molecule has 0 aliphatic carbocycles. The second-order valence-corrected chi connectivity index (χ2v) is 0.224. The molecule has 0 saturated heterocycles. The first-order valence-corrected chi connectivity index (χ1v) is 0.995. The summed E-state index contributed by atoms with van der Waals surface area (Å²) in [4.78, 5) is 8.25. The van der Waals surface area contributed by atoms with Gasteiger partial charge in [0, 0.05) is 7.11 Å². The van der Waals surface area contributed by atoms with Crippen LogP contribution in [-0.2, 0) is 0 Å². The van der Waals surface area contributed by atoms with Crippen molar-refractivity contribution in [3.05, 3.63) is 15.3 Å². The SMILES string of the molecule is CO.O=[N+]([O-])[O-].[Li+]. The molecule has 0 aliphatic heterocycles. The Morgan fingerprint density at radius 2 is 1.43 bits per heavy atom. The second kappa shape index (κ2) is 17.1. The fraction of sp³-hybridized carbons (Fsp3) is 1.00. The van der Waals surface area contributed by atoms with Gasteiger partial charge >= 0.3 is 18.9 Å². The number of aliphatic hydroxyl groups is 1. The van der Waals surface area contributed by atoms with Crippen LogP contribution in [0.1, 0.15) is 0 Å². The molecule has 0 heterocycles. The van der Waals surface area contributed by atoms with E-state index in [1.165, 1.54) is 0 Å². The normalized spacial score (nSPS) is 4.29. The van der Waals surface area contributed by atoms with Crippen molar-refractivity contribution in [2.75, 3.05) is 7.11 Å². The molecule has 0 aromatic rings. The molecule has 0 aromatic carbocycles. The van der Waals surface area contributed by atoms with Crippen LogP contribution in [0.4, 0.5) is 0 Å². The smallest absolute Gasteiger partial charge is 0.400 e. The summed E-state index contributed by atoms with van der Waals surface area (Å²) in [5.74, 6) is 0. The van der Waals surface area contributed by atoms with Crippen molar-refractivity contribution in [3.63, 3.8) is 0 Å². The minimum atomic E-state index is -1.75. The number of nitrogens with zero attached hydrogens (tertiary/aromatic N) is 1. The third-order valence-corrected chi connectivity index (χ3v) is 0. The number of rotatable bonds is 0. The van der Waals surface area contributed by atoms with Gasteiger partial charge in [0.05, 0.1) is 5.09 Å². The fourth-order valence-electron chi connectivity index (χ4n) is 0. The van der Waals surface area contributed by atoms with Gasteiger partial charge in [-0.3, -0.25) is 0 Å². The van der Waals surface area contributed by atoms with Crippen LogP contribution in [-0.4, -0.2) is 17.3 Å². The molecule has 38 valence electrons. The molecule has 0 amide bonds. The Morgan fingerprint density at radius 1 is 1.43 bits per heavy atom. The molecule has 0 unspecified atom stereocenters. The summed E-state index contributed by atoms with van der Waals surface area (Å²) < 4.78 is 0. The summed E-state index contributed by atoms with van der Waals surface area (Å²) in [6.07, 6.45) is 0. The van der Waals surface area contributed by atoms with Crippen molar-refractivity contribution >= 4 is 0 Å². The van der Waals surface area contributed by atoms with Gasteiger partial charge in [-0.2, -0.15) is 0 Å². The Balaban J connectivity index is -0.0000000480. The average Bonchev–Trinajstić information content (AvgIpc) is 1.41. The van der Waals surface area contributed by atoms with Gasteiger partial charge in [0.25, 0.3) is 0 Å².